The van der Waals surface area contributed by atoms with Crippen molar-refractivity contribution in [3.8, 4) is 0 Å². The van der Waals surface area contributed by atoms with Gasteiger partial charge in [-0.05, 0) is 42.0 Å². The van der Waals surface area contributed by atoms with Gasteiger partial charge in [0.2, 0.25) is 5.91 Å². The van der Waals surface area contributed by atoms with E-state index in [1.807, 2.05) is 0 Å². The van der Waals surface area contributed by atoms with Crippen molar-refractivity contribution in [1.82, 2.24) is 10.3 Å². The summed E-state index contributed by atoms with van der Waals surface area (Å²) in [6.07, 6.45) is 3.22. The highest BCUT2D eigenvalue weighted by molar-refractivity contribution is 7.92. The molecule has 1 heterocycles. The number of anilines is 1. The van der Waals surface area contributed by atoms with Crippen LogP contribution in [0.15, 0.2) is 78.0 Å². The quantitative estimate of drug-likeness (QED) is 0.592. The third-order valence-corrected chi connectivity index (χ3v) is 6.64. The van der Waals surface area contributed by atoms with Crippen LogP contribution in [0.3, 0.4) is 0 Å². The van der Waals surface area contributed by atoms with Crippen molar-refractivity contribution in [3.05, 3.63) is 88.7 Å². The van der Waals surface area contributed by atoms with Gasteiger partial charge in [0.25, 0.3) is 10.0 Å². The highest BCUT2D eigenvalue weighted by atomic mass is 35.5. The molecule has 0 bridgehead atoms. The van der Waals surface area contributed by atoms with Gasteiger partial charge in [0.05, 0.1) is 20.6 Å². The number of halogens is 2. The molecule has 1 N–H and O–H groups in total. The van der Waals surface area contributed by atoms with Gasteiger partial charge in [-0.2, -0.15) is 0 Å². The summed E-state index contributed by atoms with van der Waals surface area (Å²) >= 11 is 12.3. The predicted molar refractivity (Wildman–Crippen MR) is 114 cm³/mol. The van der Waals surface area contributed by atoms with Crippen LogP contribution < -0.4 is 9.62 Å². The van der Waals surface area contributed by atoms with Gasteiger partial charge in [0, 0.05) is 18.9 Å². The molecule has 1 amide bonds. The number of carbonyl (C=O) groups excluding carboxylic acids is 1. The van der Waals surface area contributed by atoms with E-state index in [4.69, 9.17) is 23.2 Å². The van der Waals surface area contributed by atoms with Crippen LogP contribution >= 0.6 is 23.2 Å². The average molecular weight is 450 g/mol. The largest absolute Gasteiger partial charge is 0.350 e. The molecule has 0 unspecified atom stereocenters. The third-order valence-electron chi connectivity index (χ3n) is 4.06. The first-order valence-corrected chi connectivity index (χ1v) is 10.8. The first-order chi connectivity index (χ1) is 13.9. The number of hydrogen-bond donors (Lipinski definition) is 1. The number of aromatic nitrogens is 1. The Labute approximate surface area is 179 Å². The van der Waals surface area contributed by atoms with E-state index in [0.29, 0.717) is 0 Å². The smallest absolute Gasteiger partial charge is 0.264 e. The van der Waals surface area contributed by atoms with E-state index in [9.17, 15) is 13.2 Å². The summed E-state index contributed by atoms with van der Waals surface area (Å²) in [6.45, 7) is -0.216. The number of sulfonamides is 1. The van der Waals surface area contributed by atoms with Gasteiger partial charge in [0.1, 0.15) is 6.54 Å². The second-order valence-electron chi connectivity index (χ2n) is 6.03. The first-order valence-electron chi connectivity index (χ1n) is 8.57. The first kappa shape index (κ1) is 21.1. The van der Waals surface area contributed by atoms with Crippen LogP contribution in [-0.2, 0) is 21.4 Å². The lowest BCUT2D eigenvalue weighted by atomic mass is 10.2. The van der Waals surface area contributed by atoms with E-state index < -0.39 is 22.5 Å². The maximum atomic E-state index is 13.2. The van der Waals surface area contributed by atoms with E-state index in [1.165, 1.54) is 18.2 Å². The Morgan fingerprint density at radius 2 is 1.66 bits per heavy atom. The highest BCUT2D eigenvalue weighted by Crippen LogP contribution is 2.35. The van der Waals surface area contributed by atoms with Crippen LogP contribution in [0.4, 0.5) is 5.69 Å². The van der Waals surface area contributed by atoms with Gasteiger partial charge in [-0.25, -0.2) is 8.42 Å². The minimum absolute atomic E-state index is 0.0398. The number of carbonyl (C=O) groups is 1. The molecule has 6 nitrogen and oxygen atoms in total. The molecule has 3 rings (SSSR count). The molecule has 150 valence electrons. The van der Waals surface area contributed by atoms with Crippen LogP contribution in [0.1, 0.15) is 5.56 Å². The second kappa shape index (κ2) is 9.26. The molecule has 2 aromatic carbocycles. The Balaban J connectivity index is 1.91. The van der Waals surface area contributed by atoms with Crippen LogP contribution in [0.25, 0.3) is 0 Å². The number of amides is 1. The van der Waals surface area contributed by atoms with E-state index in [1.54, 1.807) is 54.9 Å². The molecular weight excluding hydrogens is 433 g/mol. The van der Waals surface area contributed by atoms with Crippen molar-refractivity contribution in [1.29, 1.82) is 0 Å². The molecular formula is C20H17Cl2N3O3S. The number of rotatable bonds is 7. The van der Waals surface area contributed by atoms with Gasteiger partial charge in [-0.15, -0.1) is 0 Å². The zero-order valence-corrected chi connectivity index (χ0v) is 17.5. The topological polar surface area (TPSA) is 79.4 Å². The SMILES string of the molecule is O=C(CN(c1cccc(Cl)c1Cl)S(=O)(=O)c1ccccc1)NCc1ccncc1. The summed E-state index contributed by atoms with van der Waals surface area (Å²) in [6, 6.07) is 16.0. The number of hydrogen-bond acceptors (Lipinski definition) is 4. The zero-order chi connectivity index (χ0) is 20.9. The molecule has 0 aliphatic carbocycles. The lowest BCUT2D eigenvalue weighted by Crippen LogP contribution is -2.40. The monoisotopic (exact) mass is 449 g/mol. The summed E-state index contributed by atoms with van der Waals surface area (Å²) in [5.74, 6) is -0.489. The van der Waals surface area contributed by atoms with Crippen molar-refractivity contribution < 1.29 is 13.2 Å². The van der Waals surface area contributed by atoms with Crippen LogP contribution in [-0.4, -0.2) is 25.9 Å². The Kier molecular flexibility index (Phi) is 6.74. The minimum Gasteiger partial charge on any atom is -0.350 e. The standard InChI is InChI=1S/C20H17Cl2N3O3S/c21-17-7-4-8-18(20(17)22)25(29(27,28)16-5-2-1-3-6-16)14-19(26)24-13-15-9-11-23-12-10-15/h1-12H,13-14H2,(H,24,26). The van der Waals surface area contributed by atoms with Crippen LogP contribution in [0.5, 0.6) is 0 Å². The molecule has 0 saturated carbocycles. The fraction of sp³-hybridized carbons (Fsp3) is 0.100. The molecule has 3 aromatic rings. The lowest BCUT2D eigenvalue weighted by molar-refractivity contribution is -0.119. The summed E-state index contributed by atoms with van der Waals surface area (Å²) in [5.41, 5.74) is 0.966. The Morgan fingerprint density at radius 1 is 0.966 bits per heavy atom. The van der Waals surface area contributed by atoms with Crippen molar-refractivity contribution in [2.45, 2.75) is 11.4 Å². The Morgan fingerprint density at radius 3 is 2.34 bits per heavy atom. The molecule has 0 atom stereocenters. The summed E-state index contributed by atoms with van der Waals surface area (Å²) in [5, 5.41) is 2.95. The van der Waals surface area contributed by atoms with Crippen molar-refractivity contribution in [2.75, 3.05) is 10.8 Å². The maximum Gasteiger partial charge on any atom is 0.264 e. The number of nitrogens with zero attached hydrogens (tertiary/aromatic N) is 2. The van der Waals surface area contributed by atoms with Crippen molar-refractivity contribution >= 4 is 44.8 Å². The van der Waals surface area contributed by atoms with Gasteiger partial charge >= 0.3 is 0 Å². The van der Waals surface area contributed by atoms with Crippen LogP contribution in [0.2, 0.25) is 10.0 Å². The number of benzene rings is 2. The van der Waals surface area contributed by atoms with E-state index in [-0.39, 0.29) is 27.2 Å². The normalized spacial score (nSPS) is 11.1. The van der Waals surface area contributed by atoms with Gasteiger partial charge in [-0.3, -0.25) is 14.1 Å². The maximum absolute atomic E-state index is 13.2. The highest BCUT2D eigenvalue weighted by Gasteiger charge is 2.29. The fourth-order valence-electron chi connectivity index (χ4n) is 2.59. The summed E-state index contributed by atoms with van der Waals surface area (Å²) < 4.78 is 27.4. The second-order valence-corrected chi connectivity index (χ2v) is 8.68. The Bertz CT molecular complexity index is 1090. The van der Waals surface area contributed by atoms with Gasteiger partial charge < -0.3 is 5.32 Å². The molecule has 0 aliphatic heterocycles. The average Bonchev–Trinajstić information content (AvgIpc) is 2.74. The minimum atomic E-state index is -4.05. The number of pyridine rings is 1. The fourth-order valence-corrected chi connectivity index (χ4v) is 4.49. The molecule has 0 radical (unpaired) electrons. The molecule has 29 heavy (non-hydrogen) atoms. The lowest BCUT2D eigenvalue weighted by Gasteiger charge is -2.25. The summed E-state index contributed by atoms with van der Waals surface area (Å²) in [4.78, 5) is 16.5. The van der Waals surface area contributed by atoms with Gasteiger partial charge in [-0.1, -0.05) is 47.5 Å². The summed E-state index contributed by atoms with van der Waals surface area (Å²) in [7, 11) is -4.05. The van der Waals surface area contributed by atoms with Gasteiger partial charge in [0.15, 0.2) is 0 Å². The van der Waals surface area contributed by atoms with Crippen molar-refractivity contribution in [2.24, 2.45) is 0 Å². The Hall–Kier alpha value is -2.61. The predicted octanol–water partition coefficient (Wildman–Crippen LogP) is 3.90. The zero-order valence-electron chi connectivity index (χ0n) is 15.1. The molecule has 1 aromatic heterocycles. The molecule has 0 aliphatic rings. The molecule has 0 fully saturated rings. The molecule has 9 heteroatoms. The van der Waals surface area contributed by atoms with E-state index in [0.717, 1.165) is 9.87 Å². The van der Waals surface area contributed by atoms with Crippen LogP contribution in [0, 0.1) is 0 Å². The van der Waals surface area contributed by atoms with E-state index in [2.05, 4.69) is 10.3 Å². The van der Waals surface area contributed by atoms with Crippen molar-refractivity contribution in [3.63, 3.8) is 0 Å². The van der Waals surface area contributed by atoms with E-state index >= 15 is 0 Å². The molecule has 0 saturated heterocycles. The molecule has 0 spiro atoms. The number of nitrogens with one attached hydrogen (secondary N) is 1. The third kappa shape index (κ3) is 5.06.